The molecule has 3 aliphatic heterocycles. The van der Waals surface area contributed by atoms with Gasteiger partial charge in [0.1, 0.15) is 61.0 Å². The Morgan fingerprint density at radius 1 is 0.667 bits per heavy atom. The molecule has 8 rings (SSSR count). The highest BCUT2D eigenvalue weighted by molar-refractivity contribution is 5.75. The Bertz CT molecular complexity index is 1810. The van der Waals surface area contributed by atoms with Crippen LogP contribution in [0.3, 0.4) is 0 Å². The van der Waals surface area contributed by atoms with Crippen LogP contribution in [-0.4, -0.2) is 170 Å². The summed E-state index contributed by atoms with van der Waals surface area (Å²) in [6.45, 7) is 19.4. The third-order valence-electron chi connectivity index (χ3n) is 19.5. The lowest BCUT2D eigenvalue weighted by Crippen LogP contribution is -2.68. The number of ether oxygens (including phenoxy) is 7. The maximum Gasteiger partial charge on any atom is 0.337 e. The fourth-order valence-electron chi connectivity index (χ4n) is 15.2. The van der Waals surface area contributed by atoms with Gasteiger partial charge in [0.15, 0.2) is 25.0 Å². The van der Waals surface area contributed by atoms with E-state index >= 15 is 0 Å². The normalized spacial score (nSPS) is 54.4. The second kappa shape index (κ2) is 17.7. The van der Waals surface area contributed by atoms with Gasteiger partial charge in [0.25, 0.3) is 0 Å². The lowest BCUT2D eigenvalue weighted by molar-refractivity contribution is -0.395. The van der Waals surface area contributed by atoms with Crippen LogP contribution in [-0.2, 0) is 38.0 Å². The Labute approximate surface area is 389 Å². The third-order valence-corrected chi connectivity index (χ3v) is 19.5. The Morgan fingerprint density at radius 3 is 1.95 bits per heavy atom. The first kappa shape index (κ1) is 51.0. The highest BCUT2D eigenvalue weighted by atomic mass is 16.8. The first-order chi connectivity index (χ1) is 30.7. The van der Waals surface area contributed by atoms with Crippen molar-refractivity contribution >= 4 is 5.97 Å². The van der Waals surface area contributed by atoms with Crippen molar-refractivity contribution in [3.8, 4) is 0 Å². The molecule has 3 heterocycles. The quantitative estimate of drug-likeness (QED) is 0.0955. The van der Waals surface area contributed by atoms with Crippen LogP contribution in [0.5, 0.6) is 0 Å². The van der Waals surface area contributed by atoms with Gasteiger partial charge in [-0.15, -0.1) is 0 Å². The van der Waals surface area contributed by atoms with Crippen molar-refractivity contribution in [3.63, 3.8) is 0 Å². The zero-order valence-electron chi connectivity index (χ0n) is 40.5. The average molecular weight is 941 g/mol. The Morgan fingerprint density at radius 2 is 1.30 bits per heavy atom. The predicted octanol–water partition coefficient (Wildman–Crippen LogP) is 1.82. The molecule has 0 spiro atoms. The van der Waals surface area contributed by atoms with Gasteiger partial charge in [-0.05, 0) is 110 Å². The lowest BCUT2D eigenvalue weighted by atomic mass is 9.33. The van der Waals surface area contributed by atoms with Crippen LogP contribution in [0.15, 0.2) is 11.6 Å². The van der Waals surface area contributed by atoms with E-state index in [2.05, 4.69) is 61.5 Å². The molecule has 0 amide bonds. The van der Waals surface area contributed by atoms with Gasteiger partial charge in [0.2, 0.25) is 0 Å². The maximum absolute atomic E-state index is 13.0. The molecule has 5 aliphatic carbocycles. The van der Waals surface area contributed by atoms with E-state index in [0.717, 1.165) is 58.5 Å². The SMILES string of the molecule is COC(=O)[C@H]1O[C@@H](O[C@H]2CC[C@]3(C)[C@H]4CC=C5[C@@H]6CC(C)(C)C[C@@H](O)[C@]6(C)CC[C@@]5(C)[C@]4(C)CC[C@H]3C2(C)C)[C@H](O[C@@H]2O[C@H](CO)[C@H](O)[C@H](O)[C@H]2O[C@@H]2O[C@@H](C)[C@H](O)[C@@H](O)[C@H]2O)[C@@H](O)[C@@H]1O. The largest absolute Gasteiger partial charge is 0.467 e. The second-order valence-electron chi connectivity index (χ2n) is 23.9. The summed E-state index contributed by atoms with van der Waals surface area (Å²) in [6.07, 6.45) is -14.9. The first-order valence-electron chi connectivity index (χ1n) is 24.5. The number of methoxy groups -OCH3 is 1. The van der Waals surface area contributed by atoms with E-state index in [-0.39, 0.29) is 39.1 Å². The molecule has 17 nitrogen and oxygen atoms in total. The summed E-state index contributed by atoms with van der Waals surface area (Å²) in [5, 5.41) is 98.7. The fourth-order valence-corrected chi connectivity index (χ4v) is 15.2. The number of aliphatic hydroxyl groups excluding tert-OH is 9. The van der Waals surface area contributed by atoms with Crippen LogP contribution in [0, 0.1) is 50.2 Å². The predicted molar refractivity (Wildman–Crippen MR) is 234 cm³/mol. The smallest absolute Gasteiger partial charge is 0.337 e. The van der Waals surface area contributed by atoms with E-state index in [1.54, 1.807) is 5.57 Å². The highest BCUT2D eigenvalue weighted by Crippen LogP contribution is 2.76. The standard InChI is InChI=1S/C49H80O17/c1-22-30(52)32(54)36(58)41(61-22)65-38-33(55)31(53)25(21-50)62-42(38)66-39-35(57)34(56)37(40(59)60-10)64-43(39)63-29-14-15-47(7)26(45(29,4)5)13-16-49(9)27(47)12-11-23-24-19-44(2,3)20-28(51)46(24,6)17-18-48(23,49)8/h11,22,24-39,41-43,50-58H,12-21H2,1-10H3/t22-,24-,25+,26-,27+,28+,29-,30-,31-,32+,33-,34-,35-,36+,37-,38+,39+,41-,42-,43+,46+,47-,48+,49+/m0/s1. The number of hydrogen-bond donors (Lipinski definition) is 9. The molecule has 9 N–H and O–H groups in total. The molecule has 0 aromatic carbocycles. The molecule has 0 unspecified atom stereocenters. The maximum atomic E-state index is 13.0. The summed E-state index contributed by atoms with van der Waals surface area (Å²) < 4.78 is 41.8. The van der Waals surface area contributed by atoms with Crippen molar-refractivity contribution in [2.75, 3.05) is 13.7 Å². The van der Waals surface area contributed by atoms with Crippen molar-refractivity contribution in [1.29, 1.82) is 0 Å². The van der Waals surface area contributed by atoms with Crippen LogP contribution in [0.25, 0.3) is 0 Å². The van der Waals surface area contributed by atoms with Gasteiger partial charge in [0.05, 0.1) is 32.0 Å². The van der Waals surface area contributed by atoms with E-state index in [0.29, 0.717) is 18.3 Å². The molecule has 3 saturated heterocycles. The minimum atomic E-state index is -1.89. The molecule has 66 heavy (non-hydrogen) atoms. The molecule has 0 aromatic heterocycles. The summed E-state index contributed by atoms with van der Waals surface area (Å²) in [5.74, 6) is -0.0877. The number of fused-ring (bicyclic) bond motifs is 7. The number of aliphatic hydroxyl groups is 9. The molecule has 378 valence electrons. The molecule has 0 radical (unpaired) electrons. The van der Waals surface area contributed by atoms with Crippen LogP contribution < -0.4 is 0 Å². The highest BCUT2D eigenvalue weighted by Gasteiger charge is 2.69. The first-order valence-corrected chi connectivity index (χ1v) is 24.5. The summed E-state index contributed by atoms with van der Waals surface area (Å²) in [6, 6.07) is 0. The molecule has 17 heteroatoms. The van der Waals surface area contributed by atoms with E-state index < -0.39 is 116 Å². The van der Waals surface area contributed by atoms with Crippen LogP contribution >= 0.6 is 0 Å². The van der Waals surface area contributed by atoms with Crippen molar-refractivity contribution in [2.45, 2.75) is 224 Å². The minimum Gasteiger partial charge on any atom is -0.467 e. The second-order valence-corrected chi connectivity index (χ2v) is 23.9. The van der Waals surface area contributed by atoms with Crippen LogP contribution in [0.2, 0.25) is 0 Å². The molecule has 0 aromatic rings. The number of carbonyl (C=O) groups excluding carboxylic acids is 1. The van der Waals surface area contributed by atoms with E-state index in [4.69, 9.17) is 33.2 Å². The summed E-state index contributed by atoms with van der Waals surface area (Å²) in [4.78, 5) is 13.0. The van der Waals surface area contributed by atoms with Gasteiger partial charge >= 0.3 is 5.97 Å². The van der Waals surface area contributed by atoms with Gasteiger partial charge in [0, 0.05) is 5.41 Å². The number of carbonyl (C=O) groups is 1. The minimum absolute atomic E-state index is 0.0111. The number of hydrogen-bond acceptors (Lipinski definition) is 17. The molecule has 24 atom stereocenters. The van der Waals surface area contributed by atoms with Gasteiger partial charge in [-0.2, -0.15) is 0 Å². The average Bonchev–Trinajstić information content (AvgIpc) is 3.25. The fraction of sp³-hybridized carbons (Fsp3) is 0.939. The summed E-state index contributed by atoms with van der Waals surface area (Å²) in [5.41, 5.74) is 0.860. The molecule has 8 aliphatic rings. The van der Waals surface area contributed by atoms with Crippen molar-refractivity contribution in [1.82, 2.24) is 0 Å². The topological polar surface area (TPSA) is 264 Å². The van der Waals surface area contributed by atoms with Crippen molar-refractivity contribution < 1.29 is 83.9 Å². The molecule has 4 saturated carbocycles. The zero-order chi connectivity index (χ0) is 48.4. The third kappa shape index (κ3) is 7.88. The molecule has 7 fully saturated rings. The van der Waals surface area contributed by atoms with E-state index in [9.17, 15) is 50.8 Å². The van der Waals surface area contributed by atoms with Gasteiger partial charge < -0.3 is 79.1 Å². The zero-order valence-corrected chi connectivity index (χ0v) is 40.5. The number of esters is 1. The van der Waals surface area contributed by atoms with Gasteiger partial charge in [-0.3, -0.25) is 0 Å². The van der Waals surface area contributed by atoms with Gasteiger partial charge in [-0.1, -0.05) is 67.0 Å². The number of allylic oxidation sites excluding steroid dienone is 2. The van der Waals surface area contributed by atoms with Crippen LogP contribution in [0.1, 0.15) is 120 Å². The Balaban J connectivity index is 1.07. The molecule has 0 bridgehead atoms. The van der Waals surface area contributed by atoms with Crippen molar-refractivity contribution in [2.24, 2.45) is 50.2 Å². The van der Waals surface area contributed by atoms with Gasteiger partial charge in [-0.25, -0.2) is 4.79 Å². The van der Waals surface area contributed by atoms with Crippen molar-refractivity contribution in [3.05, 3.63) is 11.6 Å². The monoisotopic (exact) mass is 941 g/mol. The summed E-state index contributed by atoms with van der Waals surface area (Å²) >= 11 is 0. The number of rotatable bonds is 8. The van der Waals surface area contributed by atoms with Crippen LogP contribution in [0.4, 0.5) is 0 Å². The Hall–Kier alpha value is -1.39. The molecular formula is C49H80O17. The van der Waals surface area contributed by atoms with E-state index in [1.165, 1.54) is 6.92 Å². The molecular weight excluding hydrogens is 861 g/mol. The summed E-state index contributed by atoms with van der Waals surface area (Å²) in [7, 11) is 1.12. The van der Waals surface area contributed by atoms with E-state index in [1.807, 2.05) is 0 Å². The Kier molecular flexibility index (Phi) is 13.7. The lowest BCUT2D eigenvalue weighted by Gasteiger charge is -2.71.